The highest BCUT2D eigenvalue weighted by Gasteiger charge is 2.32. The van der Waals surface area contributed by atoms with Crippen LogP contribution in [0.15, 0.2) is 47.4 Å². The van der Waals surface area contributed by atoms with Crippen molar-refractivity contribution < 1.29 is 39.6 Å². The Morgan fingerprint density at radius 3 is 2.06 bits per heavy atom. The molecule has 2 N–H and O–H groups in total. The average molecular weight is 469 g/mol. The van der Waals surface area contributed by atoms with Crippen LogP contribution in [0.4, 0.5) is 37.7 Å². The lowest BCUT2D eigenvalue weighted by atomic mass is 10.1. The smallest absolute Gasteiger partial charge is 0.376 e. The maximum atomic E-state index is 12.9. The van der Waals surface area contributed by atoms with Crippen molar-refractivity contribution in [3.63, 3.8) is 0 Å². The van der Waals surface area contributed by atoms with E-state index in [1.54, 1.807) is 0 Å². The fourth-order valence-electron chi connectivity index (χ4n) is 2.48. The third-order valence-electron chi connectivity index (χ3n) is 3.97. The highest BCUT2D eigenvalue weighted by Crippen LogP contribution is 2.35. The molecule has 0 fully saturated rings. The highest BCUT2D eigenvalue weighted by molar-refractivity contribution is 7.89. The summed E-state index contributed by atoms with van der Waals surface area (Å²) in [5.41, 5.74) is -2.22. The fraction of sp³-hybridized carbons (Fsp3) is 0.278. The quantitative estimate of drug-likeness (QED) is 0.633. The Labute approximate surface area is 173 Å². The summed E-state index contributed by atoms with van der Waals surface area (Å²) < 4.78 is 103. The van der Waals surface area contributed by atoms with Crippen LogP contribution in [-0.2, 0) is 27.2 Å². The molecule has 0 aliphatic rings. The largest absolute Gasteiger partial charge is 0.416 e. The Balaban J connectivity index is 2.18. The summed E-state index contributed by atoms with van der Waals surface area (Å²) in [5.74, 6) is -1.02. The fourth-order valence-corrected chi connectivity index (χ4v) is 3.51. The Morgan fingerprint density at radius 1 is 0.935 bits per heavy atom. The molecule has 0 saturated heterocycles. The molecule has 2 rings (SSSR count). The summed E-state index contributed by atoms with van der Waals surface area (Å²) in [4.78, 5) is 12.8. The van der Waals surface area contributed by atoms with Crippen LogP contribution < -0.4 is 14.9 Å². The maximum Gasteiger partial charge on any atom is 0.416 e. The van der Waals surface area contributed by atoms with Crippen molar-refractivity contribution in [1.29, 1.82) is 0 Å². The molecule has 31 heavy (non-hydrogen) atoms. The van der Waals surface area contributed by atoms with Gasteiger partial charge in [-0.3, -0.25) is 4.79 Å². The molecule has 0 atom stereocenters. The van der Waals surface area contributed by atoms with Crippen LogP contribution >= 0.6 is 0 Å². The first kappa shape index (κ1) is 24.5. The van der Waals surface area contributed by atoms with E-state index in [9.17, 15) is 39.6 Å². The number of alkyl halides is 6. The van der Waals surface area contributed by atoms with E-state index in [1.807, 2.05) is 4.72 Å². The van der Waals surface area contributed by atoms with Crippen LogP contribution in [0.2, 0.25) is 0 Å². The first-order chi connectivity index (χ1) is 14.1. The topological polar surface area (TPSA) is 78.5 Å². The lowest BCUT2D eigenvalue weighted by molar-refractivity contribution is -0.138. The molecule has 170 valence electrons. The minimum atomic E-state index is -4.77. The van der Waals surface area contributed by atoms with E-state index in [1.165, 1.54) is 19.0 Å². The second-order valence-electron chi connectivity index (χ2n) is 6.52. The number of nitrogens with one attached hydrogen (secondary N) is 2. The lowest BCUT2D eigenvalue weighted by Crippen LogP contribution is -2.33. The van der Waals surface area contributed by atoms with Gasteiger partial charge in [0.1, 0.15) is 0 Å². The van der Waals surface area contributed by atoms with E-state index in [0.29, 0.717) is 18.2 Å². The van der Waals surface area contributed by atoms with Crippen molar-refractivity contribution in [3.8, 4) is 0 Å². The third kappa shape index (κ3) is 6.34. The Morgan fingerprint density at radius 2 is 1.52 bits per heavy atom. The van der Waals surface area contributed by atoms with Crippen molar-refractivity contribution >= 4 is 27.3 Å². The number of carbonyl (C=O) groups is 1. The van der Waals surface area contributed by atoms with Crippen LogP contribution in [0.1, 0.15) is 11.1 Å². The van der Waals surface area contributed by atoms with E-state index < -0.39 is 50.9 Å². The standard InChI is InChI=1S/C18H17F6N3O3S/c1-27(2)15-7-6-12(18(22,23)24)9-14(15)26-16(28)10-25-31(29,30)13-5-3-4-11(8-13)17(19,20)21/h3-9,25H,10H2,1-2H3,(H,26,28). The Hall–Kier alpha value is -2.80. The summed E-state index contributed by atoms with van der Waals surface area (Å²) in [6, 6.07) is 5.52. The van der Waals surface area contributed by atoms with Crippen molar-refractivity contribution in [2.45, 2.75) is 17.2 Å². The van der Waals surface area contributed by atoms with Gasteiger partial charge in [-0.15, -0.1) is 0 Å². The molecule has 13 heteroatoms. The number of nitrogens with zero attached hydrogens (tertiary/aromatic N) is 1. The number of hydrogen-bond acceptors (Lipinski definition) is 4. The molecular formula is C18H17F6N3O3S. The van der Waals surface area contributed by atoms with Crippen LogP contribution in [0.5, 0.6) is 0 Å². The van der Waals surface area contributed by atoms with Crippen molar-refractivity contribution in [2.75, 3.05) is 30.9 Å². The molecule has 0 unspecified atom stereocenters. The normalized spacial score (nSPS) is 12.5. The molecule has 0 aliphatic heterocycles. The predicted octanol–water partition coefficient (Wildman–Crippen LogP) is 3.71. The van der Waals surface area contributed by atoms with Crippen molar-refractivity contribution in [3.05, 3.63) is 53.6 Å². The molecule has 1 amide bonds. The van der Waals surface area contributed by atoms with E-state index in [-0.39, 0.29) is 11.4 Å². The van der Waals surface area contributed by atoms with Crippen molar-refractivity contribution in [2.24, 2.45) is 0 Å². The van der Waals surface area contributed by atoms with Gasteiger partial charge in [0.2, 0.25) is 15.9 Å². The van der Waals surface area contributed by atoms with Crippen LogP contribution in [0, 0.1) is 0 Å². The highest BCUT2D eigenvalue weighted by atomic mass is 32.2. The number of hydrogen-bond donors (Lipinski definition) is 2. The predicted molar refractivity (Wildman–Crippen MR) is 101 cm³/mol. The van der Waals surface area contributed by atoms with Gasteiger partial charge >= 0.3 is 12.4 Å². The van der Waals surface area contributed by atoms with E-state index in [0.717, 1.165) is 24.3 Å². The number of rotatable bonds is 6. The molecule has 0 bridgehead atoms. The SMILES string of the molecule is CN(C)c1ccc(C(F)(F)F)cc1NC(=O)CNS(=O)(=O)c1cccc(C(F)(F)F)c1. The Kier molecular flexibility index (Phi) is 6.90. The molecule has 0 aliphatic carbocycles. The van der Waals surface area contributed by atoms with Crippen LogP contribution in [0.3, 0.4) is 0 Å². The molecule has 0 heterocycles. The van der Waals surface area contributed by atoms with Gasteiger partial charge in [0.15, 0.2) is 0 Å². The molecule has 0 aromatic heterocycles. The first-order valence-corrected chi connectivity index (χ1v) is 9.95. The molecular weight excluding hydrogens is 452 g/mol. The molecule has 2 aromatic rings. The van der Waals surface area contributed by atoms with Gasteiger partial charge in [0.25, 0.3) is 0 Å². The van der Waals surface area contributed by atoms with Gasteiger partial charge in [-0.2, -0.15) is 26.3 Å². The minimum Gasteiger partial charge on any atom is -0.376 e. The monoisotopic (exact) mass is 469 g/mol. The number of benzene rings is 2. The number of carbonyl (C=O) groups excluding carboxylic acids is 1. The first-order valence-electron chi connectivity index (χ1n) is 8.46. The molecule has 6 nitrogen and oxygen atoms in total. The number of halogens is 6. The number of anilines is 2. The summed E-state index contributed by atoms with van der Waals surface area (Å²) in [6.07, 6.45) is -9.44. The zero-order valence-corrected chi connectivity index (χ0v) is 16.9. The summed E-state index contributed by atoms with van der Waals surface area (Å²) in [7, 11) is -1.44. The van der Waals surface area contributed by atoms with Gasteiger partial charge in [0.05, 0.1) is 33.9 Å². The number of amides is 1. The minimum absolute atomic E-state index is 0.219. The molecule has 0 saturated carbocycles. The van der Waals surface area contributed by atoms with E-state index in [2.05, 4.69) is 5.32 Å². The van der Waals surface area contributed by atoms with Gasteiger partial charge in [-0.1, -0.05) is 6.07 Å². The molecule has 2 aromatic carbocycles. The van der Waals surface area contributed by atoms with Crippen molar-refractivity contribution in [1.82, 2.24) is 4.72 Å². The van der Waals surface area contributed by atoms with Gasteiger partial charge in [0, 0.05) is 14.1 Å². The molecule has 0 spiro atoms. The summed E-state index contributed by atoms with van der Waals surface area (Å²) in [5, 5.41) is 2.18. The summed E-state index contributed by atoms with van der Waals surface area (Å²) in [6.45, 7) is -0.915. The second kappa shape index (κ2) is 8.75. The van der Waals surface area contributed by atoms with Gasteiger partial charge in [-0.05, 0) is 36.4 Å². The van der Waals surface area contributed by atoms with E-state index in [4.69, 9.17) is 0 Å². The third-order valence-corrected chi connectivity index (χ3v) is 5.37. The summed E-state index contributed by atoms with van der Waals surface area (Å²) >= 11 is 0. The number of sulfonamides is 1. The van der Waals surface area contributed by atoms with Gasteiger partial charge < -0.3 is 10.2 Å². The van der Waals surface area contributed by atoms with E-state index >= 15 is 0 Å². The van der Waals surface area contributed by atoms with Crippen LogP contribution in [0.25, 0.3) is 0 Å². The second-order valence-corrected chi connectivity index (χ2v) is 8.29. The van der Waals surface area contributed by atoms with Crippen LogP contribution in [-0.4, -0.2) is 35.0 Å². The Bertz CT molecular complexity index is 1070. The maximum absolute atomic E-state index is 12.9. The average Bonchev–Trinajstić information content (AvgIpc) is 2.65. The lowest BCUT2D eigenvalue weighted by Gasteiger charge is -2.20. The zero-order chi connectivity index (χ0) is 23.6. The molecule has 0 radical (unpaired) electrons. The van der Waals surface area contributed by atoms with Gasteiger partial charge in [-0.25, -0.2) is 13.1 Å². The zero-order valence-electron chi connectivity index (χ0n) is 16.1.